The standard InChI is InChI=1S/C13H23N3O2/c1-3-5-13(10-17)6-4-7-16(9-13)8-12-14-11(2)15-18-12/h17H,3-10H2,1-2H3. The Bertz CT molecular complexity index is 376. The van der Waals surface area contributed by atoms with E-state index in [9.17, 15) is 5.11 Å². The second-order valence-electron chi connectivity index (χ2n) is 5.46. The Kier molecular flexibility index (Phi) is 4.35. The van der Waals surface area contributed by atoms with E-state index in [0.717, 1.165) is 38.8 Å². The van der Waals surface area contributed by atoms with Crippen LogP contribution in [0.2, 0.25) is 0 Å². The summed E-state index contributed by atoms with van der Waals surface area (Å²) < 4.78 is 5.16. The molecule has 1 aliphatic rings. The van der Waals surface area contributed by atoms with Gasteiger partial charge in [-0.25, -0.2) is 0 Å². The van der Waals surface area contributed by atoms with Gasteiger partial charge in [0, 0.05) is 18.6 Å². The maximum Gasteiger partial charge on any atom is 0.240 e. The van der Waals surface area contributed by atoms with Gasteiger partial charge in [-0.3, -0.25) is 4.90 Å². The summed E-state index contributed by atoms with van der Waals surface area (Å²) in [6.45, 7) is 6.97. The number of aromatic nitrogens is 2. The third-order valence-corrected chi connectivity index (χ3v) is 3.78. The fourth-order valence-electron chi connectivity index (χ4n) is 2.98. The van der Waals surface area contributed by atoms with E-state index in [1.165, 1.54) is 0 Å². The smallest absolute Gasteiger partial charge is 0.240 e. The number of aryl methyl sites for hydroxylation is 1. The number of piperidine rings is 1. The van der Waals surface area contributed by atoms with Crippen molar-refractivity contribution >= 4 is 0 Å². The Labute approximate surface area is 108 Å². The summed E-state index contributed by atoms with van der Waals surface area (Å²) in [5.74, 6) is 1.36. The third kappa shape index (κ3) is 3.09. The lowest BCUT2D eigenvalue weighted by Crippen LogP contribution is -2.44. The molecule has 0 bridgehead atoms. The minimum absolute atomic E-state index is 0.0715. The van der Waals surface area contributed by atoms with Crippen LogP contribution in [0.4, 0.5) is 0 Å². The van der Waals surface area contributed by atoms with E-state index in [4.69, 9.17) is 4.52 Å². The number of rotatable bonds is 5. The van der Waals surface area contributed by atoms with Crippen LogP contribution in [0.25, 0.3) is 0 Å². The van der Waals surface area contributed by atoms with Crippen molar-refractivity contribution in [1.82, 2.24) is 15.0 Å². The molecule has 5 heteroatoms. The van der Waals surface area contributed by atoms with Gasteiger partial charge in [-0.05, 0) is 32.7 Å². The first-order chi connectivity index (χ1) is 8.67. The molecule has 1 aliphatic heterocycles. The van der Waals surface area contributed by atoms with Crippen LogP contribution in [0, 0.1) is 12.3 Å². The van der Waals surface area contributed by atoms with Crippen LogP contribution >= 0.6 is 0 Å². The highest BCUT2D eigenvalue weighted by atomic mass is 16.5. The number of likely N-dealkylation sites (tertiary alicyclic amines) is 1. The molecule has 1 N–H and O–H groups in total. The molecule has 0 radical (unpaired) electrons. The second kappa shape index (κ2) is 5.80. The lowest BCUT2D eigenvalue weighted by Gasteiger charge is -2.41. The fraction of sp³-hybridized carbons (Fsp3) is 0.846. The molecule has 0 saturated carbocycles. The summed E-state index contributed by atoms with van der Waals surface area (Å²) >= 11 is 0. The van der Waals surface area contributed by atoms with Gasteiger partial charge in [-0.15, -0.1) is 0 Å². The van der Waals surface area contributed by atoms with Gasteiger partial charge in [0.25, 0.3) is 0 Å². The van der Waals surface area contributed by atoms with Crippen molar-refractivity contribution in [2.24, 2.45) is 5.41 Å². The van der Waals surface area contributed by atoms with Crippen molar-refractivity contribution in [2.45, 2.75) is 46.1 Å². The van der Waals surface area contributed by atoms with Gasteiger partial charge in [0.15, 0.2) is 5.82 Å². The van der Waals surface area contributed by atoms with Crippen molar-refractivity contribution in [3.05, 3.63) is 11.7 Å². The van der Waals surface area contributed by atoms with Crippen LogP contribution in [0.1, 0.15) is 44.3 Å². The maximum atomic E-state index is 9.68. The molecule has 0 amide bonds. The first kappa shape index (κ1) is 13.5. The second-order valence-corrected chi connectivity index (χ2v) is 5.46. The van der Waals surface area contributed by atoms with Gasteiger partial charge in [0.1, 0.15) is 0 Å². The highest BCUT2D eigenvalue weighted by Gasteiger charge is 2.34. The SMILES string of the molecule is CCCC1(CO)CCCN(Cc2nc(C)no2)C1. The highest BCUT2D eigenvalue weighted by Crippen LogP contribution is 2.34. The quantitative estimate of drug-likeness (QED) is 0.866. The molecule has 1 saturated heterocycles. The number of hydrogen-bond donors (Lipinski definition) is 1. The molecule has 1 unspecified atom stereocenters. The lowest BCUT2D eigenvalue weighted by molar-refractivity contribution is 0.0177. The molecular formula is C13H23N3O2. The monoisotopic (exact) mass is 253 g/mol. The number of hydrogen-bond acceptors (Lipinski definition) is 5. The molecule has 5 nitrogen and oxygen atoms in total. The van der Waals surface area contributed by atoms with Crippen LogP contribution in [0.15, 0.2) is 4.52 Å². The fourth-order valence-corrected chi connectivity index (χ4v) is 2.98. The number of aliphatic hydroxyl groups excluding tert-OH is 1. The topological polar surface area (TPSA) is 62.4 Å². The van der Waals surface area contributed by atoms with E-state index in [2.05, 4.69) is 22.0 Å². The Morgan fingerprint density at radius 1 is 1.50 bits per heavy atom. The van der Waals surface area contributed by atoms with Crippen molar-refractivity contribution in [3.63, 3.8) is 0 Å². The third-order valence-electron chi connectivity index (χ3n) is 3.78. The van der Waals surface area contributed by atoms with E-state index in [1.54, 1.807) is 0 Å². The lowest BCUT2D eigenvalue weighted by atomic mass is 9.77. The minimum atomic E-state index is 0.0715. The first-order valence-electron chi connectivity index (χ1n) is 6.80. The van der Waals surface area contributed by atoms with Gasteiger partial charge in [-0.1, -0.05) is 18.5 Å². The molecule has 1 atom stereocenters. The van der Waals surface area contributed by atoms with Crippen LogP contribution in [-0.4, -0.2) is 39.8 Å². The predicted molar refractivity (Wildman–Crippen MR) is 68.0 cm³/mol. The Hall–Kier alpha value is -0.940. The molecule has 2 rings (SSSR count). The predicted octanol–water partition coefficient (Wildman–Crippen LogP) is 1.75. The average molecular weight is 253 g/mol. The highest BCUT2D eigenvalue weighted by molar-refractivity contribution is 4.89. The van der Waals surface area contributed by atoms with Gasteiger partial charge in [0.2, 0.25) is 5.89 Å². The van der Waals surface area contributed by atoms with Crippen molar-refractivity contribution in [1.29, 1.82) is 0 Å². The zero-order valence-corrected chi connectivity index (χ0v) is 11.4. The molecular weight excluding hydrogens is 230 g/mol. The zero-order valence-electron chi connectivity index (χ0n) is 11.4. The normalized spacial score (nSPS) is 25.5. The number of aliphatic hydroxyl groups is 1. The molecule has 1 aromatic rings. The Morgan fingerprint density at radius 3 is 2.94 bits per heavy atom. The summed E-state index contributed by atoms with van der Waals surface area (Å²) in [5.41, 5.74) is 0.0715. The summed E-state index contributed by atoms with van der Waals surface area (Å²) in [6.07, 6.45) is 4.46. The molecule has 0 aromatic carbocycles. The minimum Gasteiger partial charge on any atom is -0.396 e. The molecule has 1 aromatic heterocycles. The molecule has 0 aliphatic carbocycles. The molecule has 102 valence electrons. The summed E-state index contributed by atoms with van der Waals surface area (Å²) in [7, 11) is 0. The van der Waals surface area contributed by atoms with Crippen molar-refractivity contribution < 1.29 is 9.63 Å². The summed E-state index contributed by atoms with van der Waals surface area (Å²) in [6, 6.07) is 0. The summed E-state index contributed by atoms with van der Waals surface area (Å²) in [5, 5.41) is 13.5. The Balaban J connectivity index is 1.97. The van der Waals surface area contributed by atoms with Gasteiger partial charge < -0.3 is 9.63 Å². The van der Waals surface area contributed by atoms with Gasteiger partial charge in [-0.2, -0.15) is 4.98 Å². The maximum absolute atomic E-state index is 9.68. The average Bonchev–Trinajstić information content (AvgIpc) is 2.75. The molecule has 18 heavy (non-hydrogen) atoms. The largest absolute Gasteiger partial charge is 0.396 e. The van der Waals surface area contributed by atoms with Gasteiger partial charge in [0.05, 0.1) is 6.54 Å². The van der Waals surface area contributed by atoms with E-state index in [1.807, 2.05) is 6.92 Å². The molecule has 2 heterocycles. The summed E-state index contributed by atoms with van der Waals surface area (Å²) in [4.78, 5) is 6.56. The van der Waals surface area contributed by atoms with Crippen LogP contribution in [0.5, 0.6) is 0 Å². The Morgan fingerprint density at radius 2 is 2.33 bits per heavy atom. The zero-order chi connectivity index (χ0) is 13.0. The molecule has 0 spiro atoms. The van der Waals surface area contributed by atoms with Crippen LogP contribution in [0.3, 0.4) is 0 Å². The van der Waals surface area contributed by atoms with Crippen LogP contribution < -0.4 is 0 Å². The van der Waals surface area contributed by atoms with E-state index in [0.29, 0.717) is 18.3 Å². The van der Waals surface area contributed by atoms with Gasteiger partial charge >= 0.3 is 0 Å². The molecule has 1 fully saturated rings. The van der Waals surface area contributed by atoms with Crippen molar-refractivity contribution in [3.8, 4) is 0 Å². The van der Waals surface area contributed by atoms with Crippen LogP contribution in [-0.2, 0) is 6.54 Å². The van der Waals surface area contributed by atoms with E-state index >= 15 is 0 Å². The number of nitrogens with zero attached hydrogens (tertiary/aromatic N) is 3. The van der Waals surface area contributed by atoms with E-state index < -0.39 is 0 Å². The van der Waals surface area contributed by atoms with E-state index in [-0.39, 0.29) is 12.0 Å². The van der Waals surface area contributed by atoms with Crippen molar-refractivity contribution in [2.75, 3.05) is 19.7 Å². The first-order valence-corrected chi connectivity index (χ1v) is 6.80.